The van der Waals surface area contributed by atoms with Crippen LogP contribution in [0, 0.1) is 0 Å². The minimum Gasteiger partial charge on any atom is -0.497 e. The van der Waals surface area contributed by atoms with Crippen molar-refractivity contribution < 1.29 is 9.53 Å². The van der Waals surface area contributed by atoms with Crippen LogP contribution in [0.25, 0.3) is 22.2 Å². The molecule has 1 aliphatic heterocycles. The molecule has 0 radical (unpaired) electrons. The van der Waals surface area contributed by atoms with E-state index in [4.69, 9.17) is 14.8 Å². The molecule has 0 aliphatic carbocycles. The number of fused-ring (bicyclic) bond motifs is 1. The second-order valence-electron chi connectivity index (χ2n) is 7.40. The number of amides is 1. The van der Waals surface area contributed by atoms with Gasteiger partial charge < -0.3 is 4.74 Å². The van der Waals surface area contributed by atoms with Crippen molar-refractivity contribution in [3.63, 3.8) is 0 Å². The van der Waals surface area contributed by atoms with E-state index in [-0.39, 0.29) is 5.91 Å². The molecule has 0 fully saturated rings. The Morgan fingerprint density at radius 1 is 0.969 bits per heavy atom. The summed E-state index contributed by atoms with van der Waals surface area (Å²) >= 11 is 3.47. The number of hydrogen-bond acceptors (Lipinski definition) is 5. The maximum atomic E-state index is 13.0. The number of nitrogens with zero attached hydrogens (tertiary/aromatic N) is 4. The smallest absolute Gasteiger partial charge is 0.249 e. The average Bonchev–Trinajstić information content (AvgIpc) is 2.84. The number of hydrogen-bond donors (Lipinski definition) is 0. The first-order valence-corrected chi connectivity index (χ1v) is 11.0. The summed E-state index contributed by atoms with van der Waals surface area (Å²) in [6.07, 6.45) is 2.64. The molecule has 0 atom stereocenters. The molecule has 0 N–H and O–H groups in total. The Morgan fingerprint density at radius 2 is 1.72 bits per heavy atom. The molecule has 32 heavy (non-hydrogen) atoms. The van der Waals surface area contributed by atoms with Gasteiger partial charge in [0, 0.05) is 34.5 Å². The van der Waals surface area contributed by atoms with Crippen LogP contribution in [0.1, 0.15) is 18.4 Å². The molecule has 1 aliphatic rings. The fraction of sp³-hybridized carbons (Fsp3) is 0.120. The van der Waals surface area contributed by atoms with Gasteiger partial charge in [-0.15, -0.1) is 0 Å². The van der Waals surface area contributed by atoms with Gasteiger partial charge in [-0.2, -0.15) is 10.1 Å². The standard InChI is InChI=1S/C25H19BrN4O2/c1-32-20-10-6-16(7-11-20)21-15-18-3-2-14-27-24(18)28-25(21)30-23(31)13-12-22(29-30)17-4-8-19(26)9-5-17/h2-11,14-15H,12-13H2,1H3. The summed E-state index contributed by atoms with van der Waals surface area (Å²) in [5.74, 6) is 1.14. The lowest BCUT2D eigenvalue weighted by molar-refractivity contribution is -0.118. The summed E-state index contributed by atoms with van der Waals surface area (Å²) in [7, 11) is 1.63. The highest BCUT2D eigenvalue weighted by atomic mass is 79.9. The molecule has 0 saturated carbocycles. The number of methoxy groups -OCH3 is 1. The maximum absolute atomic E-state index is 13.0. The first kappa shape index (κ1) is 20.3. The highest BCUT2D eigenvalue weighted by molar-refractivity contribution is 9.10. The van der Waals surface area contributed by atoms with Crippen LogP contribution < -0.4 is 9.75 Å². The predicted octanol–water partition coefficient (Wildman–Crippen LogP) is 5.60. The van der Waals surface area contributed by atoms with Crippen molar-refractivity contribution in [2.75, 3.05) is 12.1 Å². The number of aromatic nitrogens is 2. The largest absolute Gasteiger partial charge is 0.497 e. The monoisotopic (exact) mass is 486 g/mol. The van der Waals surface area contributed by atoms with Crippen molar-refractivity contribution in [1.82, 2.24) is 9.97 Å². The second-order valence-corrected chi connectivity index (χ2v) is 8.31. The quantitative estimate of drug-likeness (QED) is 0.376. The molecule has 4 aromatic rings. The Morgan fingerprint density at radius 3 is 2.47 bits per heavy atom. The lowest BCUT2D eigenvalue weighted by Gasteiger charge is -2.25. The molecule has 0 bridgehead atoms. The molecule has 0 saturated heterocycles. The molecule has 3 heterocycles. The number of benzene rings is 2. The summed E-state index contributed by atoms with van der Waals surface area (Å²) in [5, 5.41) is 7.05. The van der Waals surface area contributed by atoms with Crippen LogP contribution >= 0.6 is 15.9 Å². The zero-order chi connectivity index (χ0) is 22.1. The minimum absolute atomic E-state index is 0.0941. The summed E-state index contributed by atoms with van der Waals surface area (Å²) in [6.45, 7) is 0. The van der Waals surface area contributed by atoms with Crippen LogP contribution in [-0.4, -0.2) is 28.7 Å². The van der Waals surface area contributed by atoms with Gasteiger partial charge in [0.15, 0.2) is 11.5 Å². The number of pyridine rings is 2. The van der Waals surface area contributed by atoms with E-state index >= 15 is 0 Å². The third-order valence-corrected chi connectivity index (χ3v) is 5.91. The van der Waals surface area contributed by atoms with Crippen molar-refractivity contribution in [1.29, 1.82) is 0 Å². The average molecular weight is 487 g/mol. The van der Waals surface area contributed by atoms with Gasteiger partial charge in [-0.1, -0.05) is 40.2 Å². The van der Waals surface area contributed by atoms with Gasteiger partial charge in [-0.05, 0) is 53.6 Å². The van der Waals surface area contributed by atoms with Crippen molar-refractivity contribution >= 4 is 44.4 Å². The van der Waals surface area contributed by atoms with Gasteiger partial charge >= 0.3 is 0 Å². The van der Waals surface area contributed by atoms with Crippen molar-refractivity contribution in [3.05, 3.63) is 83.0 Å². The zero-order valence-electron chi connectivity index (χ0n) is 17.3. The van der Waals surface area contributed by atoms with E-state index in [9.17, 15) is 4.79 Å². The van der Waals surface area contributed by atoms with E-state index in [1.807, 2.05) is 66.7 Å². The van der Waals surface area contributed by atoms with Gasteiger partial charge in [0.25, 0.3) is 0 Å². The fourth-order valence-electron chi connectivity index (χ4n) is 3.71. The molecule has 5 rings (SSSR count). The molecule has 1 amide bonds. The van der Waals surface area contributed by atoms with Crippen LogP contribution in [0.3, 0.4) is 0 Å². The minimum atomic E-state index is -0.0941. The lowest BCUT2D eigenvalue weighted by Crippen LogP contribution is -2.33. The number of ether oxygens (including phenoxy) is 1. The number of anilines is 1. The van der Waals surface area contributed by atoms with E-state index < -0.39 is 0 Å². The molecule has 7 heteroatoms. The summed E-state index contributed by atoms with van der Waals surface area (Å²) in [5.41, 5.74) is 4.12. The summed E-state index contributed by atoms with van der Waals surface area (Å²) in [6, 6.07) is 21.5. The van der Waals surface area contributed by atoms with Crippen LogP contribution in [0.2, 0.25) is 0 Å². The van der Waals surface area contributed by atoms with E-state index in [2.05, 4.69) is 20.9 Å². The normalized spacial score (nSPS) is 13.9. The molecule has 158 valence electrons. The van der Waals surface area contributed by atoms with Crippen LogP contribution in [0.4, 0.5) is 5.82 Å². The van der Waals surface area contributed by atoms with Crippen molar-refractivity contribution in [2.45, 2.75) is 12.8 Å². The van der Waals surface area contributed by atoms with E-state index in [0.717, 1.165) is 38.0 Å². The Kier molecular flexibility index (Phi) is 5.41. The lowest BCUT2D eigenvalue weighted by atomic mass is 10.0. The molecular weight excluding hydrogens is 468 g/mol. The van der Waals surface area contributed by atoms with Crippen LogP contribution in [0.5, 0.6) is 5.75 Å². The number of rotatable bonds is 4. The third kappa shape index (κ3) is 3.87. The topological polar surface area (TPSA) is 67.7 Å². The molecule has 0 spiro atoms. The Bertz CT molecular complexity index is 1330. The Hall–Kier alpha value is -3.58. The van der Waals surface area contributed by atoms with Gasteiger partial charge in [-0.3, -0.25) is 4.79 Å². The Labute approximate surface area is 193 Å². The molecule has 0 unspecified atom stereocenters. The number of hydrazone groups is 1. The van der Waals surface area contributed by atoms with Crippen LogP contribution in [0.15, 0.2) is 82.5 Å². The summed E-state index contributed by atoms with van der Waals surface area (Å²) in [4.78, 5) is 22.1. The van der Waals surface area contributed by atoms with Gasteiger partial charge in [0.2, 0.25) is 5.91 Å². The zero-order valence-corrected chi connectivity index (χ0v) is 18.9. The maximum Gasteiger partial charge on any atom is 0.249 e. The number of carbonyl (C=O) groups excluding carboxylic acids is 1. The SMILES string of the molecule is COc1ccc(-c2cc3cccnc3nc2N2N=C(c3ccc(Br)cc3)CCC2=O)cc1. The molecule has 2 aromatic heterocycles. The fourth-order valence-corrected chi connectivity index (χ4v) is 3.97. The predicted molar refractivity (Wildman–Crippen MR) is 129 cm³/mol. The first-order chi connectivity index (χ1) is 15.6. The van der Waals surface area contributed by atoms with E-state index in [1.54, 1.807) is 13.3 Å². The Balaban J connectivity index is 1.67. The van der Waals surface area contributed by atoms with Gasteiger partial charge in [-0.25, -0.2) is 9.97 Å². The highest BCUT2D eigenvalue weighted by Gasteiger charge is 2.27. The van der Waals surface area contributed by atoms with E-state index in [1.165, 1.54) is 5.01 Å². The first-order valence-electron chi connectivity index (χ1n) is 10.2. The second kappa shape index (κ2) is 8.51. The summed E-state index contributed by atoms with van der Waals surface area (Å²) < 4.78 is 6.29. The number of carbonyl (C=O) groups is 1. The van der Waals surface area contributed by atoms with Crippen LogP contribution in [-0.2, 0) is 4.79 Å². The van der Waals surface area contributed by atoms with E-state index in [0.29, 0.717) is 24.3 Å². The van der Waals surface area contributed by atoms with Gasteiger partial charge in [0.1, 0.15) is 5.75 Å². The molecular formula is C25H19BrN4O2. The van der Waals surface area contributed by atoms with Crippen molar-refractivity contribution in [2.24, 2.45) is 5.10 Å². The third-order valence-electron chi connectivity index (χ3n) is 5.38. The van der Waals surface area contributed by atoms with Gasteiger partial charge in [0.05, 0.1) is 12.8 Å². The highest BCUT2D eigenvalue weighted by Crippen LogP contribution is 2.35. The molecule has 6 nitrogen and oxygen atoms in total. The van der Waals surface area contributed by atoms with Crippen molar-refractivity contribution in [3.8, 4) is 16.9 Å². The number of halogens is 1. The molecule has 2 aromatic carbocycles.